The maximum Gasteiger partial charge on any atom is 0.234 e. The molecule has 21 heavy (non-hydrogen) atoms. The number of hydrogen-bond acceptors (Lipinski definition) is 4. The molecule has 0 unspecified atom stereocenters. The van der Waals surface area contributed by atoms with E-state index in [2.05, 4.69) is 25.5 Å². The van der Waals surface area contributed by atoms with Crippen LogP contribution in [0.5, 0.6) is 0 Å². The van der Waals surface area contributed by atoms with Gasteiger partial charge < -0.3 is 15.6 Å². The van der Waals surface area contributed by atoms with Gasteiger partial charge in [0.2, 0.25) is 5.91 Å². The number of likely N-dealkylation sites (N-methyl/N-ethyl adjacent to an activating group) is 1. The number of amides is 1. The standard InChI is InChI=1S/C13H23N5O.2ClH/c1-18(11-2-5-14-6-3-11)10-13(19)17-7-4-12-15-8-9-16-12;;/h8-9,11,14H,2-7,10H2,1H3,(H,15,16)(H,17,19);2*1H. The van der Waals surface area contributed by atoms with Gasteiger partial charge in [-0.15, -0.1) is 24.8 Å². The van der Waals surface area contributed by atoms with Crippen molar-refractivity contribution in [2.24, 2.45) is 0 Å². The number of H-pyrrole nitrogens is 1. The lowest BCUT2D eigenvalue weighted by molar-refractivity contribution is -0.122. The minimum absolute atomic E-state index is 0. The predicted molar refractivity (Wildman–Crippen MR) is 88.3 cm³/mol. The third-order valence-electron chi connectivity index (χ3n) is 3.56. The molecule has 122 valence electrons. The van der Waals surface area contributed by atoms with E-state index >= 15 is 0 Å². The Labute approximate surface area is 138 Å². The van der Waals surface area contributed by atoms with Gasteiger partial charge in [-0.1, -0.05) is 0 Å². The molecular weight excluding hydrogens is 313 g/mol. The fourth-order valence-electron chi connectivity index (χ4n) is 2.41. The molecule has 1 aromatic heterocycles. The van der Waals surface area contributed by atoms with Crippen LogP contribution in [-0.2, 0) is 11.2 Å². The second-order valence-electron chi connectivity index (χ2n) is 5.03. The minimum atomic E-state index is 0. The molecule has 0 spiro atoms. The van der Waals surface area contributed by atoms with Gasteiger partial charge in [0.15, 0.2) is 0 Å². The zero-order valence-corrected chi connectivity index (χ0v) is 13.9. The van der Waals surface area contributed by atoms with Crippen LogP contribution in [0.25, 0.3) is 0 Å². The summed E-state index contributed by atoms with van der Waals surface area (Å²) in [4.78, 5) is 21.1. The molecule has 3 N–H and O–H groups in total. The zero-order valence-electron chi connectivity index (χ0n) is 12.3. The van der Waals surface area contributed by atoms with Crippen LogP contribution >= 0.6 is 24.8 Å². The van der Waals surface area contributed by atoms with Crippen LogP contribution in [0.4, 0.5) is 0 Å². The van der Waals surface area contributed by atoms with E-state index in [9.17, 15) is 4.79 Å². The van der Waals surface area contributed by atoms with Crippen molar-refractivity contribution in [3.05, 3.63) is 18.2 Å². The minimum Gasteiger partial charge on any atom is -0.355 e. The third kappa shape index (κ3) is 7.13. The second-order valence-corrected chi connectivity index (χ2v) is 5.03. The number of carbonyl (C=O) groups excluding carboxylic acids is 1. The van der Waals surface area contributed by atoms with Crippen molar-refractivity contribution in [2.75, 3.05) is 33.2 Å². The average molecular weight is 338 g/mol. The number of piperidine rings is 1. The summed E-state index contributed by atoms with van der Waals surface area (Å²) in [7, 11) is 2.03. The summed E-state index contributed by atoms with van der Waals surface area (Å²) in [5.41, 5.74) is 0. The number of carbonyl (C=O) groups is 1. The first-order chi connectivity index (χ1) is 9.25. The maximum atomic E-state index is 11.8. The smallest absolute Gasteiger partial charge is 0.234 e. The number of aromatic nitrogens is 2. The molecule has 0 aliphatic carbocycles. The van der Waals surface area contributed by atoms with Crippen LogP contribution in [0.1, 0.15) is 18.7 Å². The summed E-state index contributed by atoms with van der Waals surface area (Å²) >= 11 is 0. The summed E-state index contributed by atoms with van der Waals surface area (Å²) in [5, 5.41) is 6.27. The predicted octanol–water partition coefficient (Wildman–Crippen LogP) is 0.596. The lowest BCUT2D eigenvalue weighted by Crippen LogP contribution is -2.45. The molecule has 1 aliphatic rings. The molecule has 1 aliphatic heterocycles. The molecule has 1 amide bonds. The lowest BCUT2D eigenvalue weighted by atomic mass is 10.1. The van der Waals surface area contributed by atoms with Gasteiger partial charge in [0.05, 0.1) is 6.54 Å². The van der Waals surface area contributed by atoms with Gasteiger partial charge in [-0.3, -0.25) is 9.69 Å². The van der Waals surface area contributed by atoms with Crippen molar-refractivity contribution < 1.29 is 4.79 Å². The Morgan fingerprint density at radius 2 is 2.14 bits per heavy atom. The zero-order chi connectivity index (χ0) is 13.5. The van der Waals surface area contributed by atoms with Crippen molar-refractivity contribution in [1.29, 1.82) is 0 Å². The first-order valence-electron chi connectivity index (χ1n) is 6.91. The van der Waals surface area contributed by atoms with Crippen LogP contribution in [0, 0.1) is 0 Å². The number of rotatable bonds is 6. The Balaban J connectivity index is 0.00000200. The van der Waals surface area contributed by atoms with Crippen molar-refractivity contribution in [1.82, 2.24) is 25.5 Å². The molecule has 2 rings (SSSR count). The molecule has 6 nitrogen and oxygen atoms in total. The SMILES string of the molecule is CN(CC(=O)NCCc1ncc[nH]1)C1CCNCC1.Cl.Cl. The molecule has 2 heterocycles. The summed E-state index contributed by atoms with van der Waals surface area (Å²) in [6.07, 6.45) is 6.51. The maximum absolute atomic E-state index is 11.8. The number of nitrogens with zero attached hydrogens (tertiary/aromatic N) is 2. The van der Waals surface area contributed by atoms with Crippen molar-refractivity contribution >= 4 is 30.7 Å². The van der Waals surface area contributed by atoms with E-state index in [4.69, 9.17) is 0 Å². The van der Waals surface area contributed by atoms with Crippen LogP contribution < -0.4 is 10.6 Å². The van der Waals surface area contributed by atoms with E-state index < -0.39 is 0 Å². The molecule has 0 bridgehead atoms. The topological polar surface area (TPSA) is 73.0 Å². The highest BCUT2D eigenvalue weighted by Crippen LogP contribution is 2.08. The normalized spacial score (nSPS) is 15.1. The number of hydrogen-bond donors (Lipinski definition) is 3. The first kappa shape index (κ1) is 20.2. The average Bonchev–Trinajstić information content (AvgIpc) is 2.93. The summed E-state index contributed by atoms with van der Waals surface area (Å²) in [6, 6.07) is 0.525. The van der Waals surface area contributed by atoms with Gasteiger partial charge in [-0.25, -0.2) is 4.98 Å². The van der Waals surface area contributed by atoms with Crippen LogP contribution in [0.15, 0.2) is 12.4 Å². The largest absolute Gasteiger partial charge is 0.355 e. The Morgan fingerprint density at radius 1 is 1.43 bits per heavy atom. The molecule has 1 fully saturated rings. The molecular formula is C13H25Cl2N5O. The summed E-state index contributed by atoms with van der Waals surface area (Å²) < 4.78 is 0. The molecule has 0 radical (unpaired) electrons. The van der Waals surface area contributed by atoms with Crippen LogP contribution in [-0.4, -0.2) is 60.0 Å². The molecule has 1 saturated heterocycles. The van der Waals surface area contributed by atoms with Gasteiger partial charge >= 0.3 is 0 Å². The fraction of sp³-hybridized carbons (Fsp3) is 0.692. The monoisotopic (exact) mass is 337 g/mol. The van der Waals surface area contributed by atoms with Gasteiger partial charge in [-0.05, 0) is 33.0 Å². The highest BCUT2D eigenvalue weighted by Gasteiger charge is 2.19. The van der Waals surface area contributed by atoms with Gasteiger partial charge in [0, 0.05) is 31.4 Å². The summed E-state index contributed by atoms with van der Waals surface area (Å²) in [6.45, 7) is 3.21. The van der Waals surface area contributed by atoms with Gasteiger partial charge in [0.1, 0.15) is 5.82 Å². The molecule has 8 heteroatoms. The van der Waals surface area contributed by atoms with E-state index in [0.29, 0.717) is 19.1 Å². The highest BCUT2D eigenvalue weighted by molar-refractivity contribution is 5.85. The van der Waals surface area contributed by atoms with Crippen molar-refractivity contribution in [3.63, 3.8) is 0 Å². The fourth-order valence-corrected chi connectivity index (χ4v) is 2.41. The van der Waals surface area contributed by atoms with Crippen LogP contribution in [0.2, 0.25) is 0 Å². The van der Waals surface area contributed by atoms with E-state index in [1.807, 2.05) is 7.05 Å². The Morgan fingerprint density at radius 3 is 2.76 bits per heavy atom. The van der Waals surface area contributed by atoms with Gasteiger partial charge in [0.25, 0.3) is 0 Å². The molecule has 0 saturated carbocycles. The third-order valence-corrected chi connectivity index (χ3v) is 3.56. The molecule has 0 atom stereocenters. The Hall–Kier alpha value is -0.820. The molecule has 1 aromatic rings. The van der Waals surface area contributed by atoms with Crippen molar-refractivity contribution in [2.45, 2.75) is 25.3 Å². The number of imidazole rings is 1. The first-order valence-corrected chi connectivity index (χ1v) is 6.91. The number of aromatic amines is 1. The number of halogens is 2. The number of nitrogens with one attached hydrogen (secondary N) is 3. The van der Waals surface area contributed by atoms with E-state index in [-0.39, 0.29) is 30.7 Å². The van der Waals surface area contributed by atoms with Crippen LogP contribution in [0.3, 0.4) is 0 Å². The lowest BCUT2D eigenvalue weighted by Gasteiger charge is -2.31. The second kappa shape index (κ2) is 10.8. The van der Waals surface area contributed by atoms with Crippen molar-refractivity contribution in [3.8, 4) is 0 Å². The summed E-state index contributed by atoms with van der Waals surface area (Å²) in [5.74, 6) is 1.000. The Bertz CT molecular complexity index is 382. The van der Waals surface area contributed by atoms with E-state index in [1.54, 1.807) is 12.4 Å². The van der Waals surface area contributed by atoms with Gasteiger partial charge in [-0.2, -0.15) is 0 Å². The van der Waals surface area contributed by atoms with E-state index in [0.717, 1.165) is 38.2 Å². The molecule has 0 aromatic carbocycles. The van der Waals surface area contributed by atoms with E-state index in [1.165, 1.54) is 0 Å². The Kier molecular flexibility index (Phi) is 10.4. The highest BCUT2D eigenvalue weighted by atomic mass is 35.5. The quantitative estimate of drug-likeness (QED) is 0.710.